The lowest BCUT2D eigenvalue weighted by molar-refractivity contribution is 0.407. The Labute approximate surface area is 116 Å². The van der Waals surface area contributed by atoms with Gasteiger partial charge in [0.2, 0.25) is 0 Å². The van der Waals surface area contributed by atoms with E-state index in [-0.39, 0.29) is 0 Å². The van der Waals surface area contributed by atoms with Crippen LogP contribution >= 0.6 is 15.9 Å². The largest absolute Gasteiger partial charge is 0.496 e. The summed E-state index contributed by atoms with van der Waals surface area (Å²) < 4.78 is 6.41. The average Bonchev–Trinajstić information content (AvgIpc) is 2.40. The first-order valence-corrected chi connectivity index (χ1v) is 6.66. The predicted molar refractivity (Wildman–Crippen MR) is 77.7 cm³/mol. The molecule has 0 fully saturated rings. The van der Waals surface area contributed by atoms with Crippen molar-refractivity contribution in [3.8, 4) is 5.75 Å². The summed E-state index contributed by atoms with van der Waals surface area (Å²) in [6.45, 7) is 1.65. The maximum absolute atomic E-state index is 5.34. The molecule has 2 aromatic rings. The smallest absolute Gasteiger partial charge is 0.123 e. The van der Waals surface area contributed by atoms with Gasteiger partial charge in [-0.15, -0.1) is 0 Å². The van der Waals surface area contributed by atoms with Crippen LogP contribution in [0, 0.1) is 0 Å². The molecular weight excluding hydrogens is 290 g/mol. The minimum atomic E-state index is 0.789. The third kappa shape index (κ3) is 3.59. The van der Waals surface area contributed by atoms with Crippen molar-refractivity contribution in [2.75, 3.05) is 7.11 Å². The fraction of sp³-hybridized carbons (Fsp3) is 0.200. The molecule has 0 heterocycles. The van der Waals surface area contributed by atoms with Gasteiger partial charge >= 0.3 is 0 Å². The molecule has 0 aliphatic carbocycles. The molecule has 0 bridgehead atoms. The normalized spacial score (nSPS) is 10.3. The lowest BCUT2D eigenvalue weighted by atomic mass is 10.2. The van der Waals surface area contributed by atoms with E-state index in [2.05, 4.69) is 51.6 Å². The molecular formula is C15H16BrNO. The molecule has 0 aliphatic heterocycles. The highest BCUT2D eigenvalue weighted by molar-refractivity contribution is 9.10. The van der Waals surface area contributed by atoms with Crippen LogP contribution in [0.4, 0.5) is 0 Å². The zero-order valence-corrected chi connectivity index (χ0v) is 11.9. The number of methoxy groups -OCH3 is 1. The van der Waals surface area contributed by atoms with Crippen LogP contribution in [-0.2, 0) is 13.1 Å². The van der Waals surface area contributed by atoms with Crippen molar-refractivity contribution in [2.45, 2.75) is 13.1 Å². The molecule has 0 saturated carbocycles. The standard InChI is InChI=1S/C15H16BrNO/c1-18-15-8-7-14(16)9-13(15)11-17-10-12-5-3-2-4-6-12/h2-9,17H,10-11H2,1H3. The van der Waals surface area contributed by atoms with Crippen molar-refractivity contribution in [2.24, 2.45) is 0 Å². The first-order valence-electron chi connectivity index (χ1n) is 5.86. The Morgan fingerprint density at radius 2 is 1.83 bits per heavy atom. The van der Waals surface area contributed by atoms with Gasteiger partial charge in [0.15, 0.2) is 0 Å². The molecule has 0 amide bonds. The summed E-state index contributed by atoms with van der Waals surface area (Å²) >= 11 is 3.48. The Morgan fingerprint density at radius 3 is 2.56 bits per heavy atom. The number of hydrogen-bond acceptors (Lipinski definition) is 2. The van der Waals surface area contributed by atoms with Gasteiger partial charge in [0.1, 0.15) is 5.75 Å². The lowest BCUT2D eigenvalue weighted by Gasteiger charge is -2.10. The fourth-order valence-electron chi connectivity index (χ4n) is 1.82. The Morgan fingerprint density at radius 1 is 1.06 bits per heavy atom. The Kier molecular flexibility index (Phi) is 4.79. The maximum atomic E-state index is 5.34. The minimum absolute atomic E-state index is 0.789. The van der Waals surface area contributed by atoms with E-state index in [1.165, 1.54) is 5.56 Å². The lowest BCUT2D eigenvalue weighted by Crippen LogP contribution is -2.13. The summed E-state index contributed by atoms with van der Waals surface area (Å²) in [4.78, 5) is 0. The number of hydrogen-bond donors (Lipinski definition) is 1. The van der Waals surface area contributed by atoms with Crippen LogP contribution in [0.15, 0.2) is 53.0 Å². The van der Waals surface area contributed by atoms with Crippen molar-refractivity contribution in [1.29, 1.82) is 0 Å². The third-order valence-electron chi connectivity index (χ3n) is 2.73. The van der Waals surface area contributed by atoms with E-state index in [1.807, 2.05) is 18.2 Å². The van der Waals surface area contributed by atoms with Crippen LogP contribution in [0.3, 0.4) is 0 Å². The second-order valence-electron chi connectivity index (χ2n) is 4.05. The number of ether oxygens (including phenoxy) is 1. The molecule has 0 atom stereocenters. The van der Waals surface area contributed by atoms with Crippen LogP contribution in [0.5, 0.6) is 5.75 Å². The molecule has 1 N–H and O–H groups in total. The first-order chi connectivity index (χ1) is 8.79. The number of benzene rings is 2. The van der Waals surface area contributed by atoms with Crippen LogP contribution in [-0.4, -0.2) is 7.11 Å². The molecule has 18 heavy (non-hydrogen) atoms. The molecule has 0 aliphatic rings. The highest BCUT2D eigenvalue weighted by Gasteiger charge is 2.03. The van der Waals surface area contributed by atoms with Crippen molar-refractivity contribution in [1.82, 2.24) is 5.32 Å². The molecule has 0 spiro atoms. The van der Waals surface area contributed by atoms with Gasteiger partial charge in [0.25, 0.3) is 0 Å². The Hall–Kier alpha value is -1.32. The highest BCUT2D eigenvalue weighted by Crippen LogP contribution is 2.22. The first kappa shape index (κ1) is 13.1. The van der Waals surface area contributed by atoms with E-state index in [9.17, 15) is 0 Å². The van der Waals surface area contributed by atoms with E-state index in [1.54, 1.807) is 7.11 Å². The van der Waals surface area contributed by atoms with Gasteiger partial charge in [-0.1, -0.05) is 46.3 Å². The summed E-state index contributed by atoms with van der Waals surface area (Å²) in [5.41, 5.74) is 2.44. The number of nitrogens with one attached hydrogen (secondary N) is 1. The molecule has 0 aromatic heterocycles. The molecule has 0 saturated heterocycles. The van der Waals surface area contributed by atoms with Gasteiger partial charge in [0.05, 0.1) is 7.11 Å². The number of halogens is 1. The van der Waals surface area contributed by atoms with Gasteiger partial charge < -0.3 is 10.1 Å². The van der Waals surface area contributed by atoms with E-state index >= 15 is 0 Å². The molecule has 2 aromatic carbocycles. The van der Waals surface area contributed by atoms with Crippen molar-refractivity contribution < 1.29 is 4.74 Å². The second-order valence-corrected chi connectivity index (χ2v) is 4.96. The Bertz CT molecular complexity index is 499. The van der Waals surface area contributed by atoms with Crippen LogP contribution in [0.25, 0.3) is 0 Å². The van der Waals surface area contributed by atoms with Gasteiger partial charge in [-0.25, -0.2) is 0 Å². The quantitative estimate of drug-likeness (QED) is 0.908. The maximum Gasteiger partial charge on any atom is 0.123 e. The van der Waals surface area contributed by atoms with Gasteiger partial charge in [-0.2, -0.15) is 0 Å². The van der Waals surface area contributed by atoms with Crippen LogP contribution < -0.4 is 10.1 Å². The minimum Gasteiger partial charge on any atom is -0.496 e. The fourth-order valence-corrected chi connectivity index (χ4v) is 2.23. The molecule has 0 unspecified atom stereocenters. The number of rotatable bonds is 5. The SMILES string of the molecule is COc1ccc(Br)cc1CNCc1ccccc1. The summed E-state index contributed by atoms with van der Waals surface area (Å²) in [6, 6.07) is 16.4. The monoisotopic (exact) mass is 305 g/mol. The van der Waals surface area contributed by atoms with Crippen LogP contribution in [0.1, 0.15) is 11.1 Å². The predicted octanol–water partition coefficient (Wildman–Crippen LogP) is 3.75. The summed E-state index contributed by atoms with van der Waals surface area (Å²) in [5, 5.41) is 3.42. The van der Waals surface area contributed by atoms with Gasteiger partial charge in [-0.05, 0) is 23.8 Å². The molecule has 2 nitrogen and oxygen atoms in total. The highest BCUT2D eigenvalue weighted by atomic mass is 79.9. The van der Waals surface area contributed by atoms with Gasteiger partial charge in [0, 0.05) is 23.1 Å². The van der Waals surface area contributed by atoms with E-state index in [0.29, 0.717) is 0 Å². The third-order valence-corrected chi connectivity index (χ3v) is 3.22. The second kappa shape index (κ2) is 6.57. The van der Waals surface area contributed by atoms with Crippen molar-refractivity contribution in [3.63, 3.8) is 0 Å². The molecule has 0 radical (unpaired) electrons. The van der Waals surface area contributed by atoms with Gasteiger partial charge in [-0.3, -0.25) is 0 Å². The van der Waals surface area contributed by atoms with Crippen LogP contribution in [0.2, 0.25) is 0 Å². The van der Waals surface area contributed by atoms with Crippen molar-refractivity contribution in [3.05, 3.63) is 64.1 Å². The topological polar surface area (TPSA) is 21.3 Å². The summed E-state index contributed by atoms with van der Waals surface area (Å²) in [6.07, 6.45) is 0. The Balaban J connectivity index is 1.96. The zero-order chi connectivity index (χ0) is 12.8. The molecule has 94 valence electrons. The van der Waals surface area contributed by atoms with Crippen molar-refractivity contribution >= 4 is 15.9 Å². The van der Waals surface area contributed by atoms with E-state index in [4.69, 9.17) is 4.74 Å². The summed E-state index contributed by atoms with van der Waals surface area (Å²) in [5.74, 6) is 0.916. The van der Waals surface area contributed by atoms with E-state index in [0.717, 1.165) is 28.9 Å². The van der Waals surface area contributed by atoms with E-state index < -0.39 is 0 Å². The molecule has 3 heteroatoms. The zero-order valence-electron chi connectivity index (χ0n) is 10.3. The molecule has 2 rings (SSSR count). The summed E-state index contributed by atoms with van der Waals surface area (Å²) in [7, 11) is 1.70. The average molecular weight is 306 g/mol.